The molecule has 1 saturated heterocycles. The highest BCUT2D eigenvalue weighted by Gasteiger charge is 2.24. The molecule has 2 amide bonds. The first-order valence-corrected chi connectivity index (χ1v) is 11.9. The van der Waals surface area contributed by atoms with Gasteiger partial charge in [-0.15, -0.1) is 11.3 Å². The largest absolute Gasteiger partial charge is 0.486 e. The summed E-state index contributed by atoms with van der Waals surface area (Å²) in [4.78, 5) is 35.6. The van der Waals surface area contributed by atoms with Crippen molar-refractivity contribution in [3.8, 4) is 5.75 Å². The summed E-state index contributed by atoms with van der Waals surface area (Å²) in [5, 5.41) is 3.19. The van der Waals surface area contributed by atoms with Crippen LogP contribution in [-0.2, 0) is 11.4 Å². The minimum atomic E-state index is -0.0640. The molecule has 9 heteroatoms. The molecule has 2 heterocycles. The third-order valence-electron chi connectivity index (χ3n) is 5.30. The van der Waals surface area contributed by atoms with Crippen molar-refractivity contribution in [2.45, 2.75) is 26.9 Å². The quantitative estimate of drug-likeness (QED) is 0.599. The van der Waals surface area contributed by atoms with E-state index < -0.39 is 0 Å². The Balaban J connectivity index is 1.51. The zero-order valence-electron chi connectivity index (χ0n) is 18.1. The third kappa shape index (κ3) is 6.66. The first-order valence-electron chi connectivity index (χ1n) is 10.6. The van der Waals surface area contributed by atoms with Gasteiger partial charge in [-0.3, -0.25) is 14.5 Å². The minimum absolute atomic E-state index is 0.0640. The molecular weight excluding hydrogens is 436 g/mol. The zero-order valence-corrected chi connectivity index (χ0v) is 19.6. The van der Waals surface area contributed by atoms with E-state index in [-0.39, 0.29) is 11.8 Å². The lowest BCUT2D eigenvalue weighted by molar-refractivity contribution is -0.132. The normalized spacial score (nSPS) is 14.9. The van der Waals surface area contributed by atoms with Crippen LogP contribution in [0.25, 0.3) is 0 Å². The molecule has 0 bridgehead atoms. The summed E-state index contributed by atoms with van der Waals surface area (Å²) in [6.45, 7) is 8.92. The molecule has 0 N–H and O–H groups in total. The fourth-order valence-electron chi connectivity index (χ4n) is 3.51. The molecule has 1 fully saturated rings. The lowest BCUT2D eigenvalue weighted by Crippen LogP contribution is -2.42. The van der Waals surface area contributed by atoms with Crippen molar-refractivity contribution in [1.82, 2.24) is 19.7 Å². The van der Waals surface area contributed by atoms with Crippen LogP contribution >= 0.6 is 22.9 Å². The zero-order chi connectivity index (χ0) is 22.2. The monoisotopic (exact) mass is 464 g/mol. The summed E-state index contributed by atoms with van der Waals surface area (Å²) in [5.41, 5.74) is 0.451. The highest BCUT2D eigenvalue weighted by Crippen LogP contribution is 2.19. The Bertz CT molecular complexity index is 870. The number of hydrogen-bond donors (Lipinski definition) is 0. The van der Waals surface area contributed by atoms with Crippen LogP contribution in [0.1, 0.15) is 35.8 Å². The summed E-state index contributed by atoms with van der Waals surface area (Å²) in [6.07, 6.45) is 0.841. The first kappa shape index (κ1) is 23.5. The minimum Gasteiger partial charge on any atom is -0.486 e. The van der Waals surface area contributed by atoms with Gasteiger partial charge in [0, 0.05) is 49.7 Å². The second-order valence-electron chi connectivity index (χ2n) is 7.36. The van der Waals surface area contributed by atoms with Crippen molar-refractivity contribution in [2.75, 3.05) is 45.8 Å². The number of benzene rings is 1. The number of rotatable bonds is 8. The molecule has 0 radical (unpaired) electrons. The maximum absolute atomic E-state index is 12.9. The van der Waals surface area contributed by atoms with E-state index in [0.29, 0.717) is 49.3 Å². The van der Waals surface area contributed by atoms with Gasteiger partial charge in [-0.2, -0.15) is 0 Å². The van der Waals surface area contributed by atoms with Gasteiger partial charge in [0.15, 0.2) is 0 Å². The molecule has 1 aromatic carbocycles. The highest BCUT2D eigenvalue weighted by molar-refractivity contribution is 7.09. The van der Waals surface area contributed by atoms with E-state index in [1.54, 1.807) is 29.6 Å². The molecule has 3 rings (SSSR count). The fourth-order valence-corrected chi connectivity index (χ4v) is 4.32. The van der Waals surface area contributed by atoms with Crippen molar-refractivity contribution in [3.63, 3.8) is 0 Å². The lowest BCUT2D eigenvalue weighted by atomic mass is 10.3. The third-order valence-corrected chi connectivity index (χ3v) is 6.37. The summed E-state index contributed by atoms with van der Waals surface area (Å²) in [6, 6.07) is 7.14. The average molecular weight is 465 g/mol. The molecule has 0 spiro atoms. The van der Waals surface area contributed by atoms with Gasteiger partial charge >= 0.3 is 0 Å². The smallest absolute Gasteiger partial charge is 0.273 e. The number of likely N-dealkylation sites (N-methyl/N-ethyl adjacent to an activating group) is 1. The van der Waals surface area contributed by atoms with Crippen LogP contribution in [0.2, 0.25) is 5.02 Å². The number of ether oxygens (including phenoxy) is 1. The molecule has 1 aromatic heterocycles. The Hall–Kier alpha value is -2.16. The van der Waals surface area contributed by atoms with Crippen LogP contribution in [-0.4, -0.2) is 77.3 Å². The van der Waals surface area contributed by atoms with Gasteiger partial charge < -0.3 is 14.5 Å². The maximum atomic E-state index is 12.9. The molecule has 7 nitrogen and oxygen atoms in total. The van der Waals surface area contributed by atoms with Crippen molar-refractivity contribution in [1.29, 1.82) is 0 Å². The number of aromatic nitrogens is 1. The van der Waals surface area contributed by atoms with E-state index in [1.165, 1.54) is 11.3 Å². The molecule has 0 saturated carbocycles. The van der Waals surface area contributed by atoms with Gasteiger partial charge in [-0.05, 0) is 44.5 Å². The summed E-state index contributed by atoms with van der Waals surface area (Å²) in [7, 11) is 0. The van der Waals surface area contributed by atoms with Crippen molar-refractivity contribution >= 4 is 34.8 Å². The van der Waals surface area contributed by atoms with Crippen LogP contribution < -0.4 is 4.74 Å². The van der Waals surface area contributed by atoms with E-state index in [0.717, 1.165) is 31.1 Å². The standard InChI is InChI=1S/C22H29ClN4O3S/c1-3-26(4-2)21(28)14-25-10-5-11-27(13-12-25)22(29)19-16-31-20(24-19)15-30-18-8-6-17(23)7-9-18/h6-9,16H,3-5,10-15H2,1-2H3. The lowest BCUT2D eigenvalue weighted by Gasteiger charge is -2.25. The molecule has 1 aliphatic heterocycles. The van der Waals surface area contributed by atoms with Crippen LogP contribution in [0.5, 0.6) is 5.75 Å². The molecular formula is C22H29ClN4O3S. The van der Waals surface area contributed by atoms with Crippen molar-refractivity contribution in [3.05, 3.63) is 45.4 Å². The number of amides is 2. The predicted molar refractivity (Wildman–Crippen MR) is 123 cm³/mol. The number of halogens is 1. The second kappa shape index (κ2) is 11.5. The molecule has 0 atom stereocenters. The van der Waals surface area contributed by atoms with Gasteiger partial charge in [0.2, 0.25) is 5.91 Å². The van der Waals surface area contributed by atoms with Gasteiger partial charge in [0.05, 0.1) is 6.54 Å². The van der Waals surface area contributed by atoms with Gasteiger partial charge in [0.25, 0.3) is 5.91 Å². The van der Waals surface area contributed by atoms with Crippen molar-refractivity contribution < 1.29 is 14.3 Å². The molecule has 31 heavy (non-hydrogen) atoms. The van der Waals surface area contributed by atoms with Gasteiger partial charge in [-0.1, -0.05) is 11.6 Å². The van der Waals surface area contributed by atoms with Crippen LogP contribution in [0.15, 0.2) is 29.6 Å². The number of carbonyl (C=O) groups is 2. The molecule has 168 valence electrons. The molecule has 0 unspecified atom stereocenters. The molecule has 2 aromatic rings. The number of hydrogen-bond acceptors (Lipinski definition) is 6. The maximum Gasteiger partial charge on any atom is 0.273 e. The Kier molecular flexibility index (Phi) is 8.69. The first-order chi connectivity index (χ1) is 15.0. The second-order valence-corrected chi connectivity index (χ2v) is 8.74. The molecule has 0 aliphatic carbocycles. The summed E-state index contributed by atoms with van der Waals surface area (Å²) in [5.74, 6) is 0.792. The summed E-state index contributed by atoms with van der Waals surface area (Å²) >= 11 is 7.30. The Morgan fingerprint density at radius 3 is 2.58 bits per heavy atom. The van der Waals surface area contributed by atoms with Crippen LogP contribution in [0, 0.1) is 0 Å². The average Bonchev–Trinajstić information content (AvgIpc) is 3.13. The number of thiazole rings is 1. The Morgan fingerprint density at radius 1 is 1.13 bits per heavy atom. The number of carbonyl (C=O) groups excluding carboxylic acids is 2. The van der Waals surface area contributed by atoms with E-state index in [1.807, 2.05) is 23.6 Å². The van der Waals surface area contributed by atoms with E-state index in [9.17, 15) is 9.59 Å². The van der Waals surface area contributed by atoms with Crippen LogP contribution in [0.3, 0.4) is 0 Å². The van der Waals surface area contributed by atoms with E-state index >= 15 is 0 Å². The van der Waals surface area contributed by atoms with Gasteiger partial charge in [-0.25, -0.2) is 4.98 Å². The van der Waals surface area contributed by atoms with Crippen molar-refractivity contribution in [2.24, 2.45) is 0 Å². The predicted octanol–water partition coefficient (Wildman–Crippen LogP) is 3.39. The summed E-state index contributed by atoms with van der Waals surface area (Å²) < 4.78 is 5.72. The highest BCUT2D eigenvalue weighted by atomic mass is 35.5. The van der Waals surface area contributed by atoms with Crippen LogP contribution in [0.4, 0.5) is 0 Å². The van der Waals surface area contributed by atoms with E-state index in [4.69, 9.17) is 16.3 Å². The Morgan fingerprint density at radius 2 is 1.87 bits per heavy atom. The molecule has 1 aliphatic rings. The Labute approximate surface area is 192 Å². The van der Waals surface area contributed by atoms with E-state index in [2.05, 4.69) is 9.88 Å². The topological polar surface area (TPSA) is 66.0 Å². The number of nitrogens with zero attached hydrogens (tertiary/aromatic N) is 4. The van der Waals surface area contributed by atoms with Gasteiger partial charge in [0.1, 0.15) is 23.1 Å². The fraction of sp³-hybridized carbons (Fsp3) is 0.500. The SMILES string of the molecule is CCN(CC)C(=O)CN1CCCN(C(=O)c2csc(COc3ccc(Cl)cc3)n2)CC1.